The van der Waals surface area contributed by atoms with Gasteiger partial charge in [0.15, 0.2) is 11.4 Å². The molecule has 0 aliphatic heterocycles. The van der Waals surface area contributed by atoms with Crippen molar-refractivity contribution in [3.8, 4) is 17.0 Å². The Kier molecular flexibility index (Phi) is 6.50. The lowest BCUT2D eigenvalue weighted by Crippen LogP contribution is -2.43. The van der Waals surface area contributed by atoms with Crippen LogP contribution < -0.4 is 10.6 Å². The largest absolute Gasteiger partial charge is 0.477 e. The number of carbonyl (C=O) groups is 2. The molecule has 1 fully saturated rings. The summed E-state index contributed by atoms with van der Waals surface area (Å²) in [6.45, 7) is 5.99. The van der Waals surface area contributed by atoms with Crippen molar-refractivity contribution < 1.29 is 19.1 Å². The van der Waals surface area contributed by atoms with Crippen LogP contribution in [0, 0.1) is 11.8 Å². The van der Waals surface area contributed by atoms with Crippen molar-refractivity contribution in [3.63, 3.8) is 0 Å². The molecule has 37 heavy (non-hydrogen) atoms. The number of carboxylic acid groups (broad SMARTS) is 1. The number of nitrogens with zero attached hydrogens (tertiary/aromatic N) is 3. The van der Waals surface area contributed by atoms with Gasteiger partial charge in [-0.3, -0.25) is 9.69 Å². The summed E-state index contributed by atoms with van der Waals surface area (Å²) < 4.78 is 7.48. The van der Waals surface area contributed by atoms with Gasteiger partial charge in [-0.2, -0.15) is 0 Å². The van der Waals surface area contributed by atoms with Crippen LogP contribution in [0.5, 0.6) is 0 Å². The van der Waals surface area contributed by atoms with Crippen LogP contribution in [0.2, 0.25) is 0 Å². The molecule has 0 saturated heterocycles. The molecule has 8 heteroatoms. The zero-order chi connectivity index (χ0) is 26.3. The molecular weight excluding hydrogens is 468 g/mol. The van der Waals surface area contributed by atoms with Crippen molar-refractivity contribution in [2.24, 2.45) is 11.8 Å². The fraction of sp³-hybridized carbons (Fsp3) is 0.345. The summed E-state index contributed by atoms with van der Waals surface area (Å²) in [4.78, 5) is 27.3. The van der Waals surface area contributed by atoms with E-state index in [1.54, 1.807) is 11.0 Å². The highest BCUT2D eigenvalue weighted by Gasteiger charge is 2.34. The molecule has 0 radical (unpaired) electrons. The van der Waals surface area contributed by atoms with Gasteiger partial charge in [-0.1, -0.05) is 19.1 Å². The summed E-state index contributed by atoms with van der Waals surface area (Å²) in [5.74, 6) is 0.212. The monoisotopic (exact) mass is 500 g/mol. The predicted octanol–water partition coefficient (Wildman–Crippen LogP) is 6.13. The van der Waals surface area contributed by atoms with Crippen LogP contribution in [0.25, 0.3) is 28.0 Å². The number of furan rings is 1. The first-order chi connectivity index (χ1) is 17.7. The van der Waals surface area contributed by atoms with Crippen LogP contribution in [0.15, 0.2) is 59.1 Å². The van der Waals surface area contributed by atoms with Crippen LogP contribution >= 0.6 is 0 Å². The van der Waals surface area contributed by atoms with E-state index in [4.69, 9.17) is 10.2 Å². The molecule has 0 bridgehead atoms. The van der Waals surface area contributed by atoms with E-state index in [0.717, 1.165) is 36.6 Å². The van der Waals surface area contributed by atoms with Crippen molar-refractivity contribution in [2.75, 3.05) is 10.6 Å². The first kappa shape index (κ1) is 24.6. The second-order valence-corrected chi connectivity index (χ2v) is 10.3. The van der Waals surface area contributed by atoms with Crippen molar-refractivity contribution in [2.45, 2.75) is 52.5 Å². The molecule has 8 nitrogen and oxygen atoms in total. The van der Waals surface area contributed by atoms with Crippen molar-refractivity contribution in [1.82, 2.24) is 9.78 Å². The molecule has 1 saturated carbocycles. The number of aromatic carboxylic acids is 1. The van der Waals surface area contributed by atoms with Gasteiger partial charge < -0.3 is 15.3 Å². The van der Waals surface area contributed by atoms with E-state index in [0.29, 0.717) is 28.6 Å². The number of amides is 1. The minimum atomic E-state index is -1.12. The highest BCUT2D eigenvalue weighted by Crippen LogP contribution is 2.34. The highest BCUT2D eigenvalue weighted by atomic mass is 16.4. The normalized spacial score (nSPS) is 17.8. The van der Waals surface area contributed by atoms with Gasteiger partial charge in [0.2, 0.25) is 5.91 Å². The number of para-hydroxylation sites is 1. The number of nitrogen functional groups attached to an aromatic ring is 1. The second-order valence-electron chi connectivity index (χ2n) is 10.3. The molecule has 0 atom stereocenters. The van der Waals surface area contributed by atoms with Crippen LogP contribution in [-0.4, -0.2) is 32.8 Å². The standard InChI is InChI=1S/C29H32N4O4/c1-17(2)33(28(34)20-9-7-18(3)8-10-20)27-23(29(35)36)16-32(31-27)22-13-11-19(12-14-22)25-15-21-5-4-6-24(30)26(21)37-25/h4-6,11-18,20H,7-10,30H2,1-3H3,(H,35,36)/t18-,20-. The summed E-state index contributed by atoms with van der Waals surface area (Å²) in [6.07, 6.45) is 5.13. The number of carbonyl (C=O) groups excluding carboxylic acids is 1. The molecule has 4 aromatic rings. The molecule has 0 unspecified atom stereocenters. The van der Waals surface area contributed by atoms with E-state index in [2.05, 4.69) is 12.0 Å². The van der Waals surface area contributed by atoms with E-state index in [9.17, 15) is 14.7 Å². The van der Waals surface area contributed by atoms with Crippen LogP contribution in [0.4, 0.5) is 11.5 Å². The summed E-state index contributed by atoms with van der Waals surface area (Å²) >= 11 is 0. The molecule has 1 aliphatic rings. The highest BCUT2D eigenvalue weighted by molar-refractivity contribution is 6.02. The fourth-order valence-corrected chi connectivity index (χ4v) is 5.14. The van der Waals surface area contributed by atoms with E-state index < -0.39 is 5.97 Å². The maximum Gasteiger partial charge on any atom is 0.341 e. The summed E-state index contributed by atoms with van der Waals surface area (Å²) in [5.41, 5.74) is 8.79. The van der Waals surface area contributed by atoms with Gasteiger partial charge in [-0.15, -0.1) is 5.10 Å². The third-order valence-electron chi connectivity index (χ3n) is 7.26. The molecule has 1 amide bonds. The average Bonchev–Trinajstić information content (AvgIpc) is 3.50. The Bertz CT molecular complexity index is 1440. The van der Waals surface area contributed by atoms with Gasteiger partial charge in [0.05, 0.1) is 11.4 Å². The third-order valence-corrected chi connectivity index (χ3v) is 7.26. The van der Waals surface area contributed by atoms with Gasteiger partial charge in [0.25, 0.3) is 0 Å². The van der Waals surface area contributed by atoms with Gasteiger partial charge in [-0.05, 0) is 81.8 Å². The van der Waals surface area contributed by atoms with Gasteiger partial charge in [0.1, 0.15) is 11.3 Å². The first-order valence-corrected chi connectivity index (χ1v) is 12.8. The fourth-order valence-electron chi connectivity index (χ4n) is 5.14. The molecule has 1 aliphatic carbocycles. The Labute approximate surface area is 215 Å². The first-order valence-electron chi connectivity index (χ1n) is 12.8. The summed E-state index contributed by atoms with van der Waals surface area (Å²) in [5, 5.41) is 15.5. The molecular formula is C29H32N4O4. The SMILES string of the molecule is CC(C)N(c1nn(-c2ccc(-c3cc4cccc(N)c4o3)cc2)cc1C(=O)O)C(=O)[C@H]1CC[C@H](C)CC1. The number of fused-ring (bicyclic) bond motifs is 1. The molecule has 192 valence electrons. The number of hydrogen-bond acceptors (Lipinski definition) is 5. The molecule has 5 rings (SSSR count). The lowest BCUT2D eigenvalue weighted by molar-refractivity contribution is -0.124. The van der Waals surface area contributed by atoms with Crippen molar-refractivity contribution in [3.05, 3.63) is 60.3 Å². The molecule has 2 aromatic heterocycles. The van der Waals surface area contributed by atoms with Crippen molar-refractivity contribution in [1.29, 1.82) is 0 Å². The topological polar surface area (TPSA) is 115 Å². The number of nitrogens with two attached hydrogens (primary N) is 1. The molecule has 0 spiro atoms. The summed E-state index contributed by atoms with van der Waals surface area (Å²) in [7, 11) is 0. The maximum atomic E-state index is 13.5. The molecule has 3 N–H and O–H groups in total. The number of anilines is 2. The van der Waals surface area contributed by atoms with E-state index >= 15 is 0 Å². The van der Waals surface area contributed by atoms with E-state index in [-0.39, 0.29) is 29.2 Å². The smallest absolute Gasteiger partial charge is 0.341 e. The zero-order valence-electron chi connectivity index (χ0n) is 21.3. The average molecular weight is 501 g/mol. The quantitative estimate of drug-likeness (QED) is 0.308. The predicted molar refractivity (Wildman–Crippen MR) is 144 cm³/mol. The number of hydrogen-bond donors (Lipinski definition) is 2. The van der Waals surface area contributed by atoms with Crippen LogP contribution in [0.3, 0.4) is 0 Å². The number of aromatic nitrogens is 2. The van der Waals surface area contributed by atoms with Crippen LogP contribution in [-0.2, 0) is 4.79 Å². The van der Waals surface area contributed by atoms with E-state index in [1.165, 1.54) is 10.9 Å². The minimum absolute atomic E-state index is 0.00284. The third kappa shape index (κ3) is 4.71. The van der Waals surface area contributed by atoms with E-state index in [1.807, 2.05) is 56.3 Å². The Hall–Kier alpha value is -4.07. The number of carboxylic acids is 1. The summed E-state index contributed by atoms with van der Waals surface area (Å²) in [6, 6.07) is 14.8. The Morgan fingerprint density at radius 2 is 1.81 bits per heavy atom. The lowest BCUT2D eigenvalue weighted by atomic mass is 9.82. The Balaban J connectivity index is 1.46. The van der Waals surface area contributed by atoms with Crippen LogP contribution in [0.1, 0.15) is 56.8 Å². The van der Waals surface area contributed by atoms with Crippen molar-refractivity contribution >= 4 is 34.4 Å². The lowest BCUT2D eigenvalue weighted by Gasteiger charge is -2.32. The Morgan fingerprint density at radius 1 is 1.11 bits per heavy atom. The molecule has 2 aromatic carbocycles. The minimum Gasteiger partial charge on any atom is -0.477 e. The van der Waals surface area contributed by atoms with Gasteiger partial charge >= 0.3 is 5.97 Å². The second kappa shape index (κ2) is 9.76. The zero-order valence-corrected chi connectivity index (χ0v) is 21.3. The number of benzene rings is 2. The van der Waals surface area contributed by atoms with Gasteiger partial charge in [0, 0.05) is 29.1 Å². The van der Waals surface area contributed by atoms with Gasteiger partial charge in [-0.25, -0.2) is 9.48 Å². The Morgan fingerprint density at radius 3 is 2.43 bits per heavy atom. The number of rotatable bonds is 6. The maximum absolute atomic E-state index is 13.5. The molecule has 2 heterocycles.